The number of hydrogen-bond donors (Lipinski definition) is 1. The van der Waals surface area contributed by atoms with Crippen LogP contribution in [0.15, 0.2) is 53.3 Å². The van der Waals surface area contributed by atoms with Crippen LogP contribution in [0.3, 0.4) is 0 Å². The van der Waals surface area contributed by atoms with Gasteiger partial charge in [0.2, 0.25) is 0 Å². The highest BCUT2D eigenvalue weighted by Crippen LogP contribution is 2.17. The van der Waals surface area contributed by atoms with E-state index in [-0.39, 0.29) is 11.5 Å². The van der Waals surface area contributed by atoms with Crippen LogP contribution in [0.1, 0.15) is 35.4 Å². The number of aryl methyl sites for hydroxylation is 1. The lowest BCUT2D eigenvalue weighted by Crippen LogP contribution is -2.39. The van der Waals surface area contributed by atoms with Crippen molar-refractivity contribution in [3.05, 3.63) is 70.3 Å². The van der Waals surface area contributed by atoms with Crippen LogP contribution in [0.2, 0.25) is 0 Å². The lowest BCUT2D eigenvalue weighted by atomic mass is 10.1. The summed E-state index contributed by atoms with van der Waals surface area (Å²) in [6.45, 7) is 0.723. The largest absolute Gasteiger partial charge is 0.296 e. The molecule has 2 heterocycles. The Balaban J connectivity index is 1.65. The van der Waals surface area contributed by atoms with Crippen LogP contribution < -0.4 is 16.0 Å². The van der Waals surface area contributed by atoms with E-state index >= 15 is 0 Å². The van der Waals surface area contributed by atoms with Crippen molar-refractivity contribution in [3.8, 4) is 0 Å². The van der Waals surface area contributed by atoms with E-state index in [1.165, 1.54) is 0 Å². The van der Waals surface area contributed by atoms with Crippen LogP contribution in [0, 0.1) is 0 Å². The van der Waals surface area contributed by atoms with Crippen LogP contribution >= 0.6 is 0 Å². The zero-order chi connectivity index (χ0) is 18.8. The molecule has 1 aliphatic heterocycles. The molecule has 3 aromatic rings. The Morgan fingerprint density at radius 3 is 2.74 bits per heavy atom. The van der Waals surface area contributed by atoms with Gasteiger partial charge in [0.15, 0.2) is 0 Å². The predicted octanol–water partition coefficient (Wildman–Crippen LogP) is 2.90. The van der Waals surface area contributed by atoms with Gasteiger partial charge in [0.25, 0.3) is 11.5 Å². The van der Waals surface area contributed by atoms with Crippen molar-refractivity contribution in [1.82, 2.24) is 15.0 Å². The molecule has 2 aromatic carbocycles. The van der Waals surface area contributed by atoms with Crippen LogP contribution in [0.5, 0.6) is 0 Å². The molecule has 1 aromatic heterocycles. The molecule has 1 amide bonds. The lowest BCUT2D eigenvalue weighted by Gasteiger charge is -2.20. The molecule has 1 N–H and O–H groups in total. The zero-order valence-electron chi connectivity index (χ0n) is 15.3. The molecule has 1 aliphatic rings. The fourth-order valence-electron chi connectivity index (χ4n) is 3.49. The molecule has 6 heteroatoms. The minimum absolute atomic E-state index is 0.00902. The summed E-state index contributed by atoms with van der Waals surface area (Å²) in [6, 6.07) is 14.7. The average molecular weight is 362 g/mol. The third kappa shape index (κ3) is 3.43. The van der Waals surface area contributed by atoms with E-state index in [9.17, 15) is 9.59 Å². The van der Waals surface area contributed by atoms with Crippen LogP contribution in [0.4, 0.5) is 5.69 Å². The van der Waals surface area contributed by atoms with Crippen molar-refractivity contribution in [2.75, 3.05) is 12.1 Å². The fourth-order valence-corrected chi connectivity index (χ4v) is 3.49. The number of fused-ring (bicyclic) bond motifs is 2. The third-order valence-corrected chi connectivity index (χ3v) is 4.99. The van der Waals surface area contributed by atoms with E-state index in [0.717, 1.165) is 43.7 Å². The maximum absolute atomic E-state index is 12.8. The first-order chi connectivity index (χ1) is 13.1. The molecule has 0 bridgehead atoms. The molecule has 0 fully saturated rings. The quantitative estimate of drug-likeness (QED) is 0.728. The number of anilines is 1. The van der Waals surface area contributed by atoms with Crippen molar-refractivity contribution in [1.29, 1.82) is 0 Å². The Kier molecular flexibility index (Phi) is 4.62. The Labute approximate surface area is 157 Å². The van der Waals surface area contributed by atoms with Gasteiger partial charge in [-0.25, -0.2) is 4.98 Å². The predicted molar refractivity (Wildman–Crippen MR) is 106 cm³/mol. The van der Waals surface area contributed by atoms with Crippen LogP contribution in [-0.2, 0) is 13.0 Å². The Hall–Kier alpha value is -3.15. The summed E-state index contributed by atoms with van der Waals surface area (Å²) in [4.78, 5) is 30.1. The smallest absolute Gasteiger partial charge is 0.269 e. The van der Waals surface area contributed by atoms with Gasteiger partial charge in [-0.1, -0.05) is 24.6 Å². The molecule has 0 atom stereocenters. The number of hydrazine groups is 1. The molecular weight excluding hydrogens is 340 g/mol. The second-order valence-electron chi connectivity index (χ2n) is 6.86. The molecule has 0 saturated carbocycles. The minimum atomic E-state index is -0.236. The van der Waals surface area contributed by atoms with Gasteiger partial charge >= 0.3 is 0 Å². The fraction of sp³-hybridized carbons (Fsp3) is 0.286. The number of rotatable bonds is 3. The standard InChI is InChI=1S/C21H22N4O2/c1-24(16-8-4-2-5-9-16)23-20(26)15-11-12-17-18(14-15)22-19-10-6-3-7-13-25(19)21(17)27/h2,4-5,8-9,11-12,14H,3,6-7,10,13H2,1H3,(H,23,26). The molecule has 0 unspecified atom stereocenters. The number of para-hydroxylation sites is 1. The van der Waals surface area contributed by atoms with Crippen LogP contribution in [-0.4, -0.2) is 22.5 Å². The highest BCUT2D eigenvalue weighted by atomic mass is 16.2. The van der Waals surface area contributed by atoms with E-state index in [2.05, 4.69) is 10.4 Å². The third-order valence-electron chi connectivity index (χ3n) is 4.99. The molecule has 6 nitrogen and oxygen atoms in total. The van der Waals surface area contributed by atoms with E-state index in [1.54, 1.807) is 34.8 Å². The molecule has 0 radical (unpaired) electrons. The monoisotopic (exact) mass is 362 g/mol. The average Bonchev–Trinajstić information content (AvgIpc) is 2.94. The molecule has 0 aliphatic carbocycles. The first kappa shape index (κ1) is 17.3. The highest BCUT2D eigenvalue weighted by molar-refractivity contribution is 5.98. The van der Waals surface area contributed by atoms with E-state index in [4.69, 9.17) is 0 Å². The molecule has 138 valence electrons. The number of amides is 1. The second-order valence-corrected chi connectivity index (χ2v) is 6.86. The highest BCUT2D eigenvalue weighted by Gasteiger charge is 2.16. The van der Waals surface area contributed by atoms with Crippen molar-refractivity contribution in [2.24, 2.45) is 0 Å². The topological polar surface area (TPSA) is 67.2 Å². The van der Waals surface area contributed by atoms with Gasteiger partial charge in [0.05, 0.1) is 16.6 Å². The maximum Gasteiger partial charge on any atom is 0.269 e. The summed E-state index contributed by atoms with van der Waals surface area (Å²) in [5, 5.41) is 2.24. The second kappa shape index (κ2) is 7.23. The number of nitrogens with zero attached hydrogens (tertiary/aromatic N) is 3. The van der Waals surface area contributed by atoms with Crippen LogP contribution in [0.25, 0.3) is 10.9 Å². The number of carbonyl (C=O) groups is 1. The number of aromatic nitrogens is 2. The van der Waals surface area contributed by atoms with Gasteiger partial charge < -0.3 is 0 Å². The van der Waals surface area contributed by atoms with Crippen molar-refractivity contribution < 1.29 is 4.79 Å². The van der Waals surface area contributed by atoms with Crippen molar-refractivity contribution in [3.63, 3.8) is 0 Å². The van der Waals surface area contributed by atoms with Crippen molar-refractivity contribution in [2.45, 2.75) is 32.2 Å². The minimum Gasteiger partial charge on any atom is -0.296 e. The van der Waals surface area contributed by atoms with E-state index in [1.807, 2.05) is 30.3 Å². The lowest BCUT2D eigenvalue weighted by molar-refractivity contribution is 0.0951. The normalized spacial score (nSPS) is 13.7. The van der Waals surface area contributed by atoms with Gasteiger partial charge in [0, 0.05) is 25.6 Å². The Morgan fingerprint density at radius 1 is 1.11 bits per heavy atom. The summed E-state index contributed by atoms with van der Waals surface area (Å²) in [5.41, 5.74) is 4.79. The number of nitrogens with one attached hydrogen (secondary N) is 1. The molecular formula is C21H22N4O2. The number of benzene rings is 2. The summed E-state index contributed by atoms with van der Waals surface area (Å²) in [7, 11) is 1.79. The summed E-state index contributed by atoms with van der Waals surface area (Å²) < 4.78 is 1.79. The van der Waals surface area contributed by atoms with Gasteiger partial charge in [-0.05, 0) is 43.2 Å². The molecule has 0 saturated heterocycles. The van der Waals surface area contributed by atoms with Crippen molar-refractivity contribution >= 4 is 22.5 Å². The van der Waals surface area contributed by atoms with Gasteiger partial charge in [-0.3, -0.25) is 24.6 Å². The van der Waals surface area contributed by atoms with Gasteiger partial charge in [-0.2, -0.15) is 0 Å². The summed E-state index contributed by atoms with van der Waals surface area (Å²) >= 11 is 0. The van der Waals surface area contributed by atoms with E-state index in [0.29, 0.717) is 16.5 Å². The number of hydrogen-bond acceptors (Lipinski definition) is 4. The summed E-state index contributed by atoms with van der Waals surface area (Å²) in [5.74, 6) is 0.587. The van der Waals surface area contributed by atoms with E-state index < -0.39 is 0 Å². The zero-order valence-corrected chi connectivity index (χ0v) is 15.3. The molecule has 4 rings (SSSR count). The molecule has 0 spiro atoms. The maximum atomic E-state index is 12.8. The van der Waals surface area contributed by atoms with Gasteiger partial charge in [0.1, 0.15) is 5.82 Å². The summed E-state index contributed by atoms with van der Waals surface area (Å²) in [6.07, 6.45) is 3.96. The molecule has 27 heavy (non-hydrogen) atoms. The Morgan fingerprint density at radius 2 is 1.93 bits per heavy atom. The first-order valence-corrected chi connectivity index (χ1v) is 9.27. The SMILES string of the molecule is CN(NC(=O)c1ccc2c(=O)n3c(nc2c1)CCCCC3)c1ccccc1. The van der Waals surface area contributed by atoms with Gasteiger partial charge in [-0.15, -0.1) is 0 Å². The Bertz CT molecular complexity index is 1040. The first-order valence-electron chi connectivity index (χ1n) is 9.27. The number of carbonyl (C=O) groups excluding carboxylic acids is 1.